The van der Waals surface area contributed by atoms with Gasteiger partial charge in [-0.05, 0) is 51.3 Å². The highest BCUT2D eigenvalue weighted by Crippen LogP contribution is 2.32. The van der Waals surface area contributed by atoms with E-state index in [0.29, 0.717) is 23.3 Å². The Morgan fingerprint density at radius 2 is 1.95 bits per heavy atom. The summed E-state index contributed by atoms with van der Waals surface area (Å²) < 4.78 is 0. The molecule has 2 atom stereocenters. The van der Waals surface area contributed by atoms with Crippen molar-refractivity contribution in [2.24, 2.45) is 0 Å². The zero-order valence-corrected chi connectivity index (χ0v) is 12.9. The first-order valence-electron chi connectivity index (χ1n) is 7.94. The summed E-state index contributed by atoms with van der Waals surface area (Å²) in [6.07, 6.45) is 5.96. The van der Waals surface area contributed by atoms with Gasteiger partial charge in [0.25, 0.3) is 5.91 Å². The summed E-state index contributed by atoms with van der Waals surface area (Å²) in [5, 5.41) is 3.21. The number of hydrogen-bond acceptors (Lipinski definition) is 3. The smallest absolute Gasteiger partial charge is 0.253 e. The summed E-state index contributed by atoms with van der Waals surface area (Å²) in [5.74, 6) is -0.0242. The molecule has 114 valence electrons. The van der Waals surface area contributed by atoms with E-state index in [1.807, 2.05) is 25.1 Å². The van der Waals surface area contributed by atoms with Crippen LogP contribution in [0, 0.1) is 6.92 Å². The number of rotatable bonds is 2. The maximum absolute atomic E-state index is 12.5. The van der Waals surface area contributed by atoms with E-state index in [1.165, 1.54) is 19.3 Å². The van der Waals surface area contributed by atoms with Gasteiger partial charge < -0.3 is 16.0 Å². The minimum absolute atomic E-state index is 0.0242. The van der Waals surface area contributed by atoms with Crippen molar-refractivity contribution in [1.29, 1.82) is 0 Å². The number of carbonyl (C=O) groups excluding carboxylic acids is 1. The Bertz CT molecular complexity index is 529. The summed E-state index contributed by atoms with van der Waals surface area (Å²) in [6.45, 7) is 1.94. The molecule has 1 aromatic carbocycles. The lowest BCUT2D eigenvalue weighted by Crippen LogP contribution is -2.55. The molecule has 2 fully saturated rings. The molecule has 4 nitrogen and oxygen atoms in total. The molecule has 0 aromatic heterocycles. The number of nitrogens with zero attached hydrogens (tertiary/aromatic N) is 1. The van der Waals surface area contributed by atoms with Gasteiger partial charge >= 0.3 is 0 Å². The van der Waals surface area contributed by atoms with Crippen molar-refractivity contribution in [1.82, 2.24) is 10.2 Å². The summed E-state index contributed by atoms with van der Waals surface area (Å²) >= 11 is 0. The second kappa shape index (κ2) is 5.68. The summed E-state index contributed by atoms with van der Waals surface area (Å²) in [4.78, 5) is 15.0. The second-order valence-corrected chi connectivity index (χ2v) is 6.58. The number of piperidine rings is 2. The Balaban J connectivity index is 1.69. The molecule has 2 bridgehead atoms. The van der Waals surface area contributed by atoms with Gasteiger partial charge in [0.15, 0.2) is 0 Å². The van der Waals surface area contributed by atoms with Crippen LogP contribution in [-0.4, -0.2) is 36.0 Å². The quantitative estimate of drug-likeness (QED) is 0.821. The van der Waals surface area contributed by atoms with Gasteiger partial charge in [0, 0.05) is 23.8 Å². The molecule has 2 aliphatic heterocycles. The van der Waals surface area contributed by atoms with E-state index < -0.39 is 0 Å². The van der Waals surface area contributed by atoms with Crippen molar-refractivity contribution in [3.63, 3.8) is 0 Å². The van der Waals surface area contributed by atoms with Gasteiger partial charge in [-0.1, -0.05) is 18.6 Å². The summed E-state index contributed by atoms with van der Waals surface area (Å²) in [5.41, 5.74) is 8.20. The average molecular weight is 287 g/mol. The van der Waals surface area contributed by atoms with Crippen molar-refractivity contribution in [3.8, 4) is 0 Å². The molecule has 2 saturated heterocycles. The lowest BCUT2D eigenvalue weighted by Gasteiger charge is -2.47. The van der Waals surface area contributed by atoms with Crippen LogP contribution >= 0.6 is 0 Å². The molecule has 4 heteroatoms. The molecule has 1 amide bonds. The van der Waals surface area contributed by atoms with Crippen LogP contribution in [-0.2, 0) is 0 Å². The number of nitrogen functional groups attached to an aromatic ring is 1. The van der Waals surface area contributed by atoms with E-state index in [0.717, 1.165) is 18.4 Å². The Hall–Kier alpha value is -1.55. The molecule has 0 radical (unpaired) electrons. The third-order valence-electron chi connectivity index (χ3n) is 5.24. The van der Waals surface area contributed by atoms with Crippen LogP contribution in [0.1, 0.15) is 48.0 Å². The molecule has 2 aliphatic rings. The first-order valence-corrected chi connectivity index (χ1v) is 7.94. The fourth-order valence-corrected chi connectivity index (χ4v) is 3.88. The zero-order valence-electron chi connectivity index (χ0n) is 12.9. The molecule has 2 heterocycles. The standard InChI is InChI=1S/C17H25N3O/c1-11-5-3-8-15(16(11)18)17(21)19-12-9-13-6-4-7-14(10-12)20(13)2/h3,5,8,12-14H,4,6-7,9-10,18H2,1-2H3,(H,19,21). The van der Waals surface area contributed by atoms with E-state index in [9.17, 15) is 4.79 Å². The van der Waals surface area contributed by atoms with Crippen LogP contribution in [0.4, 0.5) is 5.69 Å². The van der Waals surface area contributed by atoms with Gasteiger partial charge in [0.05, 0.1) is 5.56 Å². The number of amides is 1. The number of anilines is 1. The van der Waals surface area contributed by atoms with Crippen LogP contribution in [0.2, 0.25) is 0 Å². The lowest BCUT2D eigenvalue weighted by atomic mass is 9.82. The number of aryl methyl sites for hydroxylation is 1. The highest BCUT2D eigenvalue weighted by Gasteiger charge is 2.36. The Morgan fingerprint density at radius 1 is 1.29 bits per heavy atom. The third-order valence-corrected chi connectivity index (χ3v) is 5.24. The van der Waals surface area contributed by atoms with Gasteiger partial charge in [0.2, 0.25) is 0 Å². The second-order valence-electron chi connectivity index (χ2n) is 6.58. The Labute approximate surface area is 126 Å². The van der Waals surface area contributed by atoms with Gasteiger partial charge in [0.1, 0.15) is 0 Å². The number of nitrogens with two attached hydrogens (primary N) is 1. The van der Waals surface area contributed by atoms with Gasteiger partial charge in [-0.15, -0.1) is 0 Å². The normalized spacial score (nSPS) is 29.1. The van der Waals surface area contributed by atoms with Crippen molar-refractivity contribution in [2.75, 3.05) is 12.8 Å². The summed E-state index contributed by atoms with van der Waals surface area (Å²) in [7, 11) is 2.23. The third kappa shape index (κ3) is 2.77. The highest BCUT2D eigenvalue weighted by atomic mass is 16.1. The maximum atomic E-state index is 12.5. The summed E-state index contributed by atoms with van der Waals surface area (Å²) in [6, 6.07) is 7.17. The number of para-hydroxylation sites is 1. The minimum Gasteiger partial charge on any atom is -0.398 e. The van der Waals surface area contributed by atoms with Crippen LogP contribution in [0.5, 0.6) is 0 Å². The first-order chi connectivity index (χ1) is 10.1. The van der Waals surface area contributed by atoms with Crippen LogP contribution in [0.15, 0.2) is 18.2 Å². The number of fused-ring (bicyclic) bond motifs is 2. The maximum Gasteiger partial charge on any atom is 0.253 e. The zero-order chi connectivity index (χ0) is 15.0. The van der Waals surface area contributed by atoms with Crippen molar-refractivity contribution < 1.29 is 4.79 Å². The van der Waals surface area contributed by atoms with E-state index in [-0.39, 0.29) is 11.9 Å². The fraction of sp³-hybridized carbons (Fsp3) is 0.588. The molecule has 2 unspecified atom stereocenters. The molecule has 0 aliphatic carbocycles. The van der Waals surface area contributed by atoms with E-state index in [1.54, 1.807) is 0 Å². The van der Waals surface area contributed by atoms with E-state index in [2.05, 4.69) is 17.3 Å². The Morgan fingerprint density at radius 3 is 2.62 bits per heavy atom. The minimum atomic E-state index is -0.0242. The largest absolute Gasteiger partial charge is 0.398 e. The predicted octanol–water partition coefficient (Wildman–Crippen LogP) is 2.32. The molecule has 0 saturated carbocycles. The molecule has 3 rings (SSSR count). The predicted molar refractivity (Wildman–Crippen MR) is 85.3 cm³/mol. The monoisotopic (exact) mass is 287 g/mol. The fourth-order valence-electron chi connectivity index (χ4n) is 3.88. The average Bonchev–Trinajstić information content (AvgIpc) is 2.43. The lowest BCUT2D eigenvalue weighted by molar-refractivity contribution is 0.0463. The molecule has 0 spiro atoms. The molecule has 21 heavy (non-hydrogen) atoms. The number of carbonyl (C=O) groups is 1. The Kier molecular flexibility index (Phi) is 3.89. The van der Waals surface area contributed by atoms with Crippen LogP contribution in [0.3, 0.4) is 0 Å². The number of hydrogen-bond donors (Lipinski definition) is 2. The van der Waals surface area contributed by atoms with Crippen molar-refractivity contribution >= 4 is 11.6 Å². The number of benzene rings is 1. The van der Waals surface area contributed by atoms with Gasteiger partial charge in [-0.25, -0.2) is 0 Å². The topological polar surface area (TPSA) is 58.4 Å². The molecule has 3 N–H and O–H groups in total. The molecule has 1 aromatic rings. The molecular formula is C17H25N3O. The van der Waals surface area contributed by atoms with Gasteiger partial charge in [-0.3, -0.25) is 4.79 Å². The first kappa shape index (κ1) is 14.4. The van der Waals surface area contributed by atoms with Gasteiger partial charge in [-0.2, -0.15) is 0 Å². The van der Waals surface area contributed by atoms with Crippen LogP contribution < -0.4 is 11.1 Å². The SMILES string of the molecule is Cc1cccc(C(=O)NC2CC3CCCC(C2)N3C)c1N. The number of nitrogens with one attached hydrogen (secondary N) is 1. The van der Waals surface area contributed by atoms with E-state index >= 15 is 0 Å². The van der Waals surface area contributed by atoms with Crippen molar-refractivity contribution in [3.05, 3.63) is 29.3 Å². The van der Waals surface area contributed by atoms with Crippen molar-refractivity contribution in [2.45, 2.75) is 57.2 Å². The van der Waals surface area contributed by atoms with E-state index in [4.69, 9.17) is 5.73 Å². The molecular weight excluding hydrogens is 262 g/mol. The highest BCUT2D eigenvalue weighted by molar-refractivity contribution is 5.99. The van der Waals surface area contributed by atoms with Crippen LogP contribution in [0.25, 0.3) is 0 Å².